The van der Waals surface area contributed by atoms with Gasteiger partial charge in [-0.15, -0.1) is 0 Å². The molecule has 0 spiro atoms. The summed E-state index contributed by atoms with van der Waals surface area (Å²) < 4.78 is 0. The topological polar surface area (TPSA) is 0 Å². The van der Waals surface area contributed by atoms with Crippen LogP contribution in [0, 0.1) is 5.92 Å². The molecule has 0 fully saturated rings. The van der Waals surface area contributed by atoms with Crippen molar-refractivity contribution < 1.29 is 0 Å². The van der Waals surface area contributed by atoms with Gasteiger partial charge in [-0.2, -0.15) is 0 Å². The van der Waals surface area contributed by atoms with E-state index in [1.165, 1.54) is 56.0 Å². The number of fused-ring (bicyclic) bond motifs is 6. The van der Waals surface area contributed by atoms with Gasteiger partial charge < -0.3 is 0 Å². The van der Waals surface area contributed by atoms with Crippen LogP contribution in [0.3, 0.4) is 0 Å². The number of hydrogen-bond donors (Lipinski definition) is 0. The summed E-state index contributed by atoms with van der Waals surface area (Å²) in [4.78, 5) is 0. The monoisotopic (exact) mass is 419 g/mol. The van der Waals surface area contributed by atoms with Crippen LogP contribution < -0.4 is 0 Å². The second-order valence-corrected chi connectivity index (χ2v) is 9.04. The molecular weight excluding hydrogens is 396 g/mol. The Morgan fingerprint density at radius 1 is 0.333 bits per heavy atom. The summed E-state index contributed by atoms with van der Waals surface area (Å²) in [5.74, 6) is 1.93. The van der Waals surface area contributed by atoms with E-state index in [-0.39, 0.29) is 11.8 Å². The first kappa shape index (κ1) is 18.7. The van der Waals surface area contributed by atoms with Gasteiger partial charge in [-0.3, -0.25) is 0 Å². The van der Waals surface area contributed by atoms with Crippen molar-refractivity contribution in [3.05, 3.63) is 161 Å². The van der Waals surface area contributed by atoms with Crippen LogP contribution in [0.1, 0.15) is 39.7 Å². The van der Waals surface area contributed by atoms with Gasteiger partial charge in [0.05, 0.1) is 0 Å². The van der Waals surface area contributed by atoms with Crippen molar-refractivity contribution in [1.82, 2.24) is 0 Å². The Morgan fingerprint density at radius 2 is 0.636 bits per heavy atom. The van der Waals surface area contributed by atoms with Crippen LogP contribution in [0.2, 0.25) is 0 Å². The van der Waals surface area contributed by atoms with Gasteiger partial charge in [-0.1, -0.05) is 127 Å². The molecule has 0 heteroatoms. The highest BCUT2D eigenvalue weighted by atomic mass is 14.5. The van der Waals surface area contributed by atoms with Gasteiger partial charge in [0, 0.05) is 17.8 Å². The molecule has 1 radical (unpaired) electrons. The molecule has 2 aliphatic carbocycles. The van der Waals surface area contributed by atoms with Crippen molar-refractivity contribution in [2.45, 2.75) is 11.8 Å². The van der Waals surface area contributed by atoms with E-state index in [1.807, 2.05) is 0 Å². The minimum Gasteiger partial charge on any atom is -0.0622 e. The molecule has 0 aliphatic heterocycles. The average molecular weight is 420 g/mol. The summed E-state index contributed by atoms with van der Waals surface area (Å²) in [5.41, 5.74) is 12.5. The van der Waals surface area contributed by atoms with E-state index < -0.39 is 0 Å². The Bertz CT molecular complexity index is 1290. The second kappa shape index (κ2) is 7.32. The molecule has 0 saturated carbocycles. The minimum atomic E-state index is 0.226. The summed E-state index contributed by atoms with van der Waals surface area (Å²) >= 11 is 0. The molecule has 0 nitrogen and oxygen atoms in total. The van der Waals surface area contributed by atoms with E-state index in [4.69, 9.17) is 0 Å². The maximum Gasteiger partial charge on any atom is 0.0287 e. The molecule has 7 rings (SSSR count). The van der Waals surface area contributed by atoms with Crippen LogP contribution >= 0.6 is 0 Å². The van der Waals surface area contributed by atoms with Gasteiger partial charge in [-0.05, 0) is 50.1 Å². The number of benzene rings is 5. The molecule has 0 N–H and O–H groups in total. The summed E-state index contributed by atoms with van der Waals surface area (Å²) in [7, 11) is 0. The van der Waals surface area contributed by atoms with Gasteiger partial charge in [-0.25, -0.2) is 0 Å². The van der Waals surface area contributed by atoms with E-state index in [0.29, 0.717) is 0 Å². The lowest BCUT2D eigenvalue weighted by atomic mass is 9.69. The first-order valence-corrected chi connectivity index (χ1v) is 11.7. The van der Waals surface area contributed by atoms with Gasteiger partial charge in [0.2, 0.25) is 0 Å². The predicted molar refractivity (Wildman–Crippen MR) is 136 cm³/mol. The van der Waals surface area contributed by atoms with Crippen LogP contribution in [0.5, 0.6) is 0 Å². The molecule has 155 valence electrons. The van der Waals surface area contributed by atoms with Crippen molar-refractivity contribution in [3.63, 3.8) is 0 Å². The Hall–Kier alpha value is -3.90. The fourth-order valence-corrected chi connectivity index (χ4v) is 6.11. The van der Waals surface area contributed by atoms with Crippen LogP contribution in [0.4, 0.5) is 0 Å². The van der Waals surface area contributed by atoms with E-state index in [0.717, 1.165) is 0 Å². The molecule has 5 aromatic rings. The predicted octanol–water partition coefficient (Wildman–Crippen LogP) is 8.23. The molecule has 5 aromatic carbocycles. The summed E-state index contributed by atoms with van der Waals surface area (Å²) in [6.07, 6.45) is 0. The SMILES string of the molecule is c1ccc([C](C2c3ccccc3-c3ccccc32)C2c3ccccc3-c3ccccc32)cc1. The van der Waals surface area contributed by atoms with Gasteiger partial charge >= 0.3 is 0 Å². The lowest BCUT2D eigenvalue weighted by Gasteiger charge is -2.32. The highest BCUT2D eigenvalue weighted by Crippen LogP contribution is 2.59. The molecule has 0 amide bonds. The van der Waals surface area contributed by atoms with Crippen molar-refractivity contribution in [2.24, 2.45) is 0 Å². The normalized spacial score (nSPS) is 14.1. The Morgan fingerprint density at radius 3 is 1.00 bits per heavy atom. The molecule has 33 heavy (non-hydrogen) atoms. The summed E-state index contributed by atoms with van der Waals surface area (Å²) in [5, 5.41) is 0. The van der Waals surface area contributed by atoms with Crippen molar-refractivity contribution >= 4 is 0 Å². The molecule has 0 heterocycles. The largest absolute Gasteiger partial charge is 0.0622 e. The zero-order chi connectivity index (χ0) is 21.8. The Labute approximate surface area is 195 Å². The highest BCUT2D eigenvalue weighted by molar-refractivity contribution is 5.85. The third kappa shape index (κ3) is 2.71. The third-order valence-electron chi connectivity index (χ3n) is 7.40. The molecule has 0 aromatic heterocycles. The van der Waals surface area contributed by atoms with E-state index in [2.05, 4.69) is 127 Å². The Balaban J connectivity index is 1.53. The van der Waals surface area contributed by atoms with Crippen LogP contribution in [-0.4, -0.2) is 0 Å². The average Bonchev–Trinajstić information content (AvgIpc) is 3.39. The fraction of sp³-hybridized carbons (Fsp3) is 0.0606. The standard InChI is InChI=1S/C33H23/c1-2-12-22(13-3-1)31(32-27-18-8-4-14-23(27)24-15-5-9-19-28(24)32)33-29-20-10-6-16-25(29)26-17-7-11-21-30(26)33/h1-21,32-33H. The molecule has 0 bridgehead atoms. The Kier molecular flexibility index (Phi) is 4.14. The van der Waals surface area contributed by atoms with E-state index in [9.17, 15) is 0 Å². The van der Waals surface area contributed by atoms with Crippen molar-refractivity contribution in [1.29, 1.82) is 0 Å². The van der Waals surface area contributed by atoms with Crippen molar-refractivity contribution in [2.75, 3.05) is 0 Å². The molecule has 0 unspecified atom stereocenters. The van der Waals surface area contributed by atoms with Crippen LogP contribution in [0.15, 0.2) is 127 Å². The van der Waals surface area contributed by atoms with Gasteiger partial charge in [0.25, 0.3) is 0 Å². The fourth-order valence-electron chi connectivity index (χ4n) is 6.11. The maximum absolute atomic E-state index is 2.33. The van der Waals surface area contributed by atoms with E-state index in [1.54, 1.807) is 0 Å². The van der Waals surface area contributed by atoms with Crippen LogP contribution in [-0.2, 0) is 0 Å². The van der Waals surface area contributed by atoms with E-state index >= 15 is 0 Å². The summed E-state index contributed by atoms with van der Waals surface area (Å²) in [6, 6.07) is 46.9. The summed E-state index contributed by atoms with van der Waals surface area (Å²) in [6.45, 7) is 0. The van der Waals surface area contributed by atoms with Crippen molar-refractivity contribution in [3.8, 4) is 22.3 Å². The third-order valence-corrected chi connectivity index (χ3v) is 7.40. The lowest BCUT2D eigenvalue weighted by molar-refractivity contribution is 0.740. The molecular formula is C33H23. The zero-order valence-electron chi connectivity index (χ0n) is 18.3. The number of hydrogen-bond acceptors (Lipinski definition) is 0. The van der Waals surface area contributed by atoms with Gasteiger partial charge in [0.1, 0.15) is 0 Å². The zero-order valence-corrected chi connectivity index (χ0v) is 18.3. The minimum absolute atomic E-state index is 0.226. The smallest absolute Gasteiger partial charge is 0.0287 e. The second-order valence-electron chi connectivity index (χ2n) is 9.04. The first-order chi connectivity index (χ1) is 16.4. The maximum atomic E-state index is 2.33. The van der Waals surface area contributed by atoms with Gasteiger partial charge in [0.15, 0.2) is 0 Å². The molecule has 0 saturated heterocycles. The lowest BCUT2D eigenvalue weighted by Crippen LogP contribution is -2.20. The molecule has 0 atom stereocenters. The highest BCUT2D eigenvalue weighted by Gasteiger charge is 2.43. The molecule has 2 aliphatic rings. The first-order valence-electron chi connectivity index (χ1n) is 11.7. The number of rotatable bonds is 3. The van der Waals surface area contributed by atoms with Crippen LogP contribution in [0.25, 0.3) is 22.3 Å². The quantitative estimate of drug-likeness (QED) is 0.276.